The highest BCUT2D eigenvalue weighted by atomic mass is 35.5. The van der Waals surface area contributed by atoms with Crippen LogP contribution in [0, 0.1) is 11.7 Å². The molecule has 13 heteroatoms. The van der Waals surface area contributed by atoms with Crippen LogP contribution in [0.1, 0.15) is 30.5 Å². The second-order valence-corrected chi connectivity index (χ2v) is 12.7. The van der Waals surface area contributed by atoms with E-state index in [0.29, 0.717) is 28.0 Å². The first-order valence-electron chi connectivity index (χ1n) is 13.3. The third-order valence-corrected chi connectivity index (χ3v) is 7.91. The minimum Gasteiger partial charge on any atom is -0.354 e. The molecule has 0 saturated heterocycles. The normalized spacial score (nSPS) is 12.6. The lowest BCUT2D eigenvalue weighted by atomic mass is 10.0. The summed E-state index contributed by atoms with van der Waals surface area (Å²) in [5.41, 5.74) is -0.554. The summed E-state index contributed by atoms with van der Waals surface area (Å²) in [6, 6.07) is 15.4. The van der Waals surface area contributed by atoms with Gasteiger partial charge in [0, 0.05) is 19.5 Å². The minimum atomic E-state index is -4.88. The van der Waals surface area contributed by atoms with E-state index in [2.05, 4.69) is 5.32 Å². The first-order chi connectivity index (χ1) is 20.1. The Hall–Kier alpha value is -3.64. The molecule has 0 aliphatic heterocycles. The van der Waals surface area contributed by atoms with Gasteiger partial charge in [-0.2, -0.15) is 13.2 Å². The van der Waals surface area contributed by atoms with Gasteiger partial charge in [0.1, 0.15) is 18.4 Å². The molecule has 3 aromatic carbocycles. The highest BCUT2D eigenvalue weighted by molar-refractivity contribution is 7.92. The summed E-state index contributed by atoms with van der Waals surface area (Å²) >= 11 is 5.73. The number of hydrogen-bond donors (Lipinski definition) is 1. The fraction of sp³-hybridized carbons (Fsp3) is 0.333. The number of anilines is 1. The maximum Gasteiger partial charge on any atom is 0.417 e. The number of amides is 2. The molecule has 0 aliphatic rings. The largest absolute Gasteiger partial charge is 0.417 e. The third kappa shape index (κ3) is 9.69. The number of halogens is 5. The number of nitrogens with zero attached hydrogens (tertiary/aromatic N) is 2. The number of benzene rings is 3. The monoisotopic (exact) mass is 641 g/mol. The smallest absolute Gasteiger partial charge is 0.354 e. The molecular weight excluding hydrogens is 610 g/mol. The summed E-state index contributed by atoms with van der Waals surface area (Å²) in [6.45, 7) is 2.95. The fourth-order valence-electron chi connectivity index (χ4n) is 4.26. The van der Waals surface area contributed by atoms with E-state index in [4.69, 9.17) is 11.6 Å². The fourth-order valence-corrected chi connectivity index (χ4v) is 5.33. The second-order valence-electron chi connectivity index (χ2n) is 10.4. The number of alkyl halides is 3. The molecule has 0 fully saturated rings. The molecule has 43 heavy (non-hydrogen) atoms. The lowest BCUT2D eigenvalue weighted by molar-refractivity contribution is -0.140. The Bertz CT molecular complexity index is 1520. The van der Waals surface area contributed by atoms with Crippen LogP contribution in [0.4, 0.5) is 23.2 Å². The summed E-state index contributed by atoms with van der Waals surface area (Å²) in [4.78, 5) is 28.7. The van der Waals surface area contributed by atoms with E-state index in [1.807, 2.05) is 13.8 Å². The van der Waals surface area contributed by atoms with Crippen molar-refractivity contribution in [1.29, 1.82) is 0 Å². The zero-order valence-electron chi connectivity index (χ0n) is 23.7. The number of carbonyl (C=O) groups excluding carboxylic acids is 2. The molecule has 0 radical (unpaired) electrons. The molecule has 0 saturated carbocycles. The van der Waals surface area contributed by atoms with Gasteiger partial charge in [0.05, 0.1) is 22.5 Å². The Kier molecular flexibility index (Phi) is 11.2. The van der Waals surface area contributed by atoms with E-state index in [-0.39, 0.29) is 18.9 Å². The van der Waals surface area contributed by atoms with Gasteiger partial charge in [0.15, 0.2) is 0 Å². The zero-order valence-corrected chi connectivity index (χ0v) is 25.3. The standard InChI is InChI=1S/C30H32ClF4N3O4S/c1-20(2)17-36-29(40)27(15-21-7-5-4-6-8-21)37(18-22-9-11-23(32)12-10-22)28(39)19-38(43(3,41)42)24-13-14-26(31)25(16-24)30(33,34)35/h4-14,16,20,27H,15,17-19H2,1-3H3,(H,36,40)/t27-/m1/s1. The second kappa shape index (κ2) is 14.2. The van der Waals surface area contributed by atoms with Crippen LogP contribution in [0.2, 0.25) is 5.02 Å². The summed E-state index contributed by atoms with van der Waals surface area (Å²) in [5, 5.41) is 2.17. The van der Waals surface area contributed by atoms with Gasteiger partial charge in [-0.3, -0.25) is 13.9 Å². The van der Waals surface area contributed by atoms with Crippen molar-refractivity contribution >= 4 is 39.1 Å². The number of sulfonamides is 1. The van der Waals surface area contributed by atoms with Crippen molar-refractivity contribution in [3.63, 3.8) is 0 Å². The molecule has 2 amide bonds. The first kappa shape index (κ1) is 33.9. The van der Waals surface area contributed by atoms with Crippen LogP contribution >= 0.6 is 11.6 Å². The Morgan fingerprint density at radius 3 is 2.14 bits per heavy atom. The highest BCUT2D eigenvalue weighted by Crippen LogP contribution is 2.37. The average molecular weight is 642 g/mol. The third-order valence-electron chi connectivity index (χ3n) is 6.44. The van der Waals surface area contributed by atoms with Crippen molar-refractivity contribution in [2.45, 2.75) is 39.0 Å². The van der Waals surface area contributed by atoms with E-state index in [0.717, 1.165) is 23.3 Å². The highest BCUT2D eigenvalue weighted by Gasteiger charge is 2.36. The van der Waals surface area contributed by atoms with Gasteiger partial charge in [-0.05, 0) is 47.4 Å². The van der Waals surface area contributed by atoms with Crippen LogP contribution < -0.4 is 9.62 Å². The van der Waals surface area contributed by atoms with Gasteiger partial charge in [0.2, 0.25) is 21.8 Å². The molecule has 0 spiro atoms. The number of rotatable bonds is 12. The van der Waals surface area contributed by atoms with Gasteiger partial charge in [-0.15, -0.1) is 0 Å². The van der Waals surface area contributed by atoms with Gasteiger partial charge < -0.3 is 10.2 Å². The molecule has 7 nitrogen and oxygen atoms in total. The lowest BCUT2D eigenvalue weighted by Gasteiger charge is -2.33. The van der Waals surface area contributed by atoms with E-state index >= 15 is 0 Å². The van der Waals surface area contributed by atoms with E-state index < -0.39 is 62.7 Å². The molecule has 0 aromatic heterocycles. The number of carbonyl (C=O) groups is 2. The van der Waals surface area contributed by atoms with Crippen LogP contribution in [0.3, 0.4) is 0 Å². The molecule has 1 atom stereocenters. The SMILES string of the molecule is CC(C)CNC(=O)[C@@H](Cc1ccccc1)N(Cc1ccc(F)cc1)C(=O)CN(c1ccc(Cl)c(C(F)(F)F)c1)S(C)(=O)=O. The van der Waals surface area contributed by atoms with Crippen LogP contribution in [-0.2, 0) is 38.8 Å². The van der Waals surface area contributed by atoms with Crippen LogP contribution in [-0.4, -0.2) is 50.5 Å². The van der Waals surface area contributed by atoms with Crippen molar-refractivity contribution in [1.82, 2.24) is 10.2 Å². The molecule has 232 valence electrons. The molecular formula is C30H32ClF4N3O4S. The Labute approximate surface area is 253 Å². The molecule has 0 bridgehead atoms. The summed E-state index contributed by atoms with van der Waals surface area (Å²) in [6.07, 6.45) is -4.08. The first-order valence-corrected chi connectivity index (χ1v) is 15.5. The van der Waals surface area contributed by atoms with Gasteiger partial charge in [-0.1, -0.05) is 67.9 Å². The van der Waals surface area contributed by atoms with Crippen LogP contribution in [0.25, 0.3) is 0 Å². The van der Waals surface area contributed by atoms with Crippen molar-refractivity contribution in [3.05, 3.63) is 100 Å². The maximum absolute atomic E-state index is 14.0. The van der Waals surface area contributed by atoms with Crippen molar-refractivity contribution in [2.24, 2.45) is 5.92 Å². The van der Waals surface area contributed by atoms with Crippen LogP contribution in [0.5, 0.6) is 0 Å². The summed E-state index contributed by atoms with van der Waals surface area (Å²) in [5.74, 6) is -1.82. The summed E-state index contributed by atoms with van der Waals surface area (Å²) < 4.78 is 80.6. The van der Waals surface area contributed by atoms with Crippen molar-refractivity contribution < 1.29 is 35.6 Å². The van der Waals surface area contributed by atoms with Crippen LogP contribution in [0.15, 0.2) is 72.8 Å². The topological polar surface area (TPSA) is 86.8 Å². The average Bonchev–Trinajstić information content (AvgIpc) is 2.93. The number of hydrogen-bond acceptors (Lipinski definition) is 4. The summed E-state index contributed by atoms with van der Waals surface area (Å²) in [7, 11) is -4.30. The Balaban J connectivity index is 2.09. The van der Waals surface area contributed by atoms with E-state index in [1.165, 1.54) is 24.3 Å². The maximum atomic E-state index is 14.0. The predicted molar refractivity (Wildman–Crippen MR) is 157 cm³/mol. The van der Waals surface area contributed by atoms with Crippen molar-refractivity contribution in [2.75, 3.05) is 23.7 Å². The minimum absolute atomic E-state index is 0.0513. The van der Waals surface area contributed by atoms with E-state index in [9.17, 15) is 35.6 Å². The molecule has 3 rings (SSSR count). The Morgan fingerprint density at radius 2 is 1.58 bits per heavy atom. The van der Waals surface area contributed by atoms with E-state index in [1.54, 1.807) is 30.3 Å². The molecule has 3 aromatic rings. The number of nitrogens with one attached hydrogen (secondary N) is 1. The lowest BCUT2D eigenvalue weighted by Crippen LogP contribution is -2.53. The Morgan fingerprint density at radius 1 is 0.953 bits per heavy atom. The van der Waals surface area contributed by atoms with Crippen molar-refractivity contribution in [3.8, 4) is 0 Å². The molecule has 0 heterocycles. The van der Waals surface area contributed by atoms with Gasteiger partial charge in [-0.25, -0.2) is 12.8 Å². The zero-order chi connectivity index (χ0) is 31.9. The van der Waals surface area contributed by atoms with Gasteiger partial charge >= 0.3 is 6.18 Å². The molecule has 1 N–H and O–H groups in total. The predicted octanol–water partition coefficient (Wildman–Crippen LogP) is 5.68. The molecule has 0 unspecified atom stereocenters. The quantitative estimate of drug-likeness (QED) is 0.258. The van der Waals surface area contributed by atoms with Gasteiger partial charge in [0.25, 0.3) is 0 Å². The molecule has 0 aliphatic carbocycles.